The lowest BCUT2D eigenvalue weighted by Crippen LogP contribution is -2.44. The van der Waals surface area contributed by atoms with Crippen molar-refractivity contribution < 1.29 is 9.90 Å². The van der Waals surface area contributed by atoms with Crippen molar-refractivity contribution in [2.24, 2.45) is 5.92 Å². The first kappa shape index (κ1) is 11.9. The number of rotatable bonds is 4. The first-order valence-corrected chi connectivity index (χ1v) is 6.38. The van der Waals surface area contributed by atoms with Gasteiger partial charge in [-0.25, -0.2) is 0 Å². The van der Waals surface area contributed by atoms with Crippen LogP contribution in [0.5, 0.6) is 0 Å². The molecule has 1 aliphatic carbocycles. The molecule has 3 N–H and O–H groups in total. The summed E-state index contributed by atoms with van der Waals surface area (Å²) in [4.78, 5) is 11.7. The van der Waals surface area contributed by atoms with E-state index in [0.29, 0.717) is 25.4 Å². The van der Waals surface area contributed by atoms with Gasteiger partial charge in [0.2, 0.25) is 5.91 Å². The van der Waals surface area contributed by atoms with Crippen molar-refractivity contribution in [1.82, 2.24) is 10.6 Å². The minimum atomic E-state index is -0.717. The summed E-state index contributed by atoms with van der Waals surface area (Å²) in [5, 5.41) is 16.0. The molecule has 0 radical (unpaired) electrons. The summed E-state index contributed by atoms with van der Waals surface area (Å²) in [6.07, 6.45) is 6.30. The maximum absolute atomic E-state index is 11.7. The summed E-state index contributed by atoms with van der Waals surface area (Å²) in [5.41, 5.74) is -0.717. The molecule has 2 aliphatic rings. The lowest BCUT2D eigenvalue weighted by molar-refractivity contribution is -0.123. The van der Waals surface area contributed by atoms with E-state index in [4.69, 9.17) is 0 Å². The highest BCUT2D eigenvalue weighted by molar-refractivity contribution is 5.76. The van der Waals surface area contributed by atoms with Crippen LogP contribution in [0.3, 0.4) is 0 Å². The Morgan fingerprint density at radius 1 is 1.44 bits per heavy atom. The predicted octanol–water partition coefficient (Wildman–Crippen LogP) is 0.407. The van der Waals surface area contributed by atoms with Gasteiger partial charge in [0, 0.05) is 19.5 Å². The van der Waals surface area contributed by atoms with Crippen molar-refractivity contribution in [3.63, 3.8) is 0 Å². The van der Waals surface area contributed by atoms with Gasteiger partial charge in [-0.15, -0.1) is 0 Å². The first-order chi connectivity index (χ1) is 7.68. The first-order valence-electron chi connectivity index (χ1n) is 6.38. The maximum atomic E-state index is 11.7. The number of β-amino-alcohol motifs (C(OH)–C–C–N with tert-alkyl or cyclic N) is 1. The van der Waals surface area contributed by atoms with Crippen LogP contribution in [0.4, 0.5) is 0 Å². The molecule has 0 spiro atoms. The molecular weight excluding hydrogens is 204 g/mol. The Kier molecular flexibility index (Phi) is 3.82. The van der Waals surface area contributed by atoms with E-state index in [2.05, 4.69) is 10.6 Å². The Morgan fingerprint density at radius 3 is 2.81 bits per heavy atom. The van der Waals surface area contributed by atoms with Crippen LogP contribution < -0.4 is 10.6 Å². The molecule has 1 unspecified atom stereocenters. The zero-order valence-electron chi connectivity index (χ0n) is 9.80. The van der Waals surface area contributed by atoms with Crippen LogP contribution in [0.1, 0.15) is 38.5 Å². The number of nitrogens with one attached hydrogen (secondary N) is 2. The third-order valence-electron chi connectivity index (χ3n) is 3.78. The molecule has 2 rings (SSSR count). The summed E-state index contributed by atoms with van der Waals surface area (Å²) in [5.74, 6) is 0.684. The van der Waals surface area contributed by atoms with Crippen LogP contribution in [-0.4, -0.2) is 36.2 Å². The fraction of sp³-hybridized carbons (Fsp3) is 0.917. The van der Waals surface area contributed by atoms with Crippen molar-refractivity contribution in [2.45, 2.75) is 44.1 Å². The summed E-state index contributed by atoms with van der Waals surface area (Å²) < 4.78 is 0. The second-order valence-electron chi connectivity index (χ2n) is 5.28. The van der Waals surface area contributed by atoms with Crippen LogP contribution in [-0.2, 0) is 4.79 Å². The van der Waals surface area contributed by atoms with E-state index < -0.39 is 5.60 Å². The largest absolute Gasteiger partial charge is 0.387 e. The number of hydrogen-bond acceptors (Lipinski definition) is 3. The molecule has 1 heterocycles. The average molecular weight is 226 g/mol. The molecule has 0 aromatic rings. The maximum Gasteiger partial charge on any atom is 0.220 e. The van der Waals surface area contributed by atoms with Gasteiger partial charge in [0.05, 0.1) is 5.60 Å². The molecule has 4 heteroatoms. The van der Waals surface area contributed by atoms with Crippen LogP contribution in [0.2, 0.25) is 0 Å². The van der Waals surface area contributed by atoms with E-state index in [1.807, 2.05) is 0 Å². The fourth-order valence-electron chi connectivity index (χ4n) is 2.69. The molecule has 2 fully saturated rings. The summed E-state index contributed by atoms with van der Waals surface area (Å²) >= 11 is 0. The normalized spacial score (nSPS) is 30.8. The summed E-state index contributed by atoms with van der Waals surface area (Å²) in [7, 11) is 0. The fourth-order valence-corrected chi connectivity index (χ4v) is 2.69. The molecule has 0 aromatic heterocycles. The van der Waals surface area contributed by atoms with E-state index in [1.165, 1.54) is 25.7 Å². The van der Waals surface area contributed by atoms with Gasteiger partial charge in [0.1, 0.15) is 0 Å². The van der Waals surface area contributed by atoms with Gasteiger partial charge < -0.3 is 15.7 Å². The van der Waals surface area contributed by atoms with Crippen LogP contribution in [0.25, 0.3) is 0 Å². The summed E-state index contributed by atoms with van der Waals surface area (Å²) in [6, 6.07) is 0. The SMILES string of the molecule is O=C(CC1CCCC1)NCC1(O)CCNC1. The topological polar surface area (TPSA) is 61.4 Å². The second kappa shape index (κ2) is 5.15. The predicted molar refractivity (Wildman–Crippen MR) is 62.0 cm³/mol. The molecule has 1 aliphatic heterocycles. The van der Waals surface area contributed by atoms with Crippen molar-refractivity contribution in [1.29, 1.82) is 0 Å². The van der Waals surface area contributed by atoms with Gasteiger partial charge in [0.25, 0.3) is 0 Å². The molecule has 1 saturated heterocycles. The second-order valence-corrected chi connectivity index (χ2v) is 5.28. The Labute approximate surface area is 96.8 Å². The molecule has 1 amide bonds. The highest BCUT2D eigenvalue weighted by atomic mass is 16.3. The Morgan fingerprint density at radius 2 is 2.19 bits per heavy atom. The number of hydrogen-bond donors (Lipinski definition) is 3. The number of amides is 1. The van der Waals surface area contributed by atoms with Crippen LogP contribution in [0.15, 0.2) is 0 Å². The van der Waals surface area contributed by atoms with E-state index in [-0.39, 0.29) is 5.91 Å². The lowest BCUT2D eigenvalue weighted by Gasteiger charge is -2.22. The molecule has 1 saturated carbocycles. The van der Waals surface area contributed by atoms with E-state index >= 15 is 0 Å². The quantitative estimate of drug-likeness (QED) is 0.650. The smallest absolute Gasteiger partial charge is 0.220 e. The van der Waals surface area contributed by atoms with E-state index in [0.717, 1.165) is 13.0 Å². The van der Waals surface area contributed by atoms with E-state index in [9.17, 15) is 9.90 Å². The third kappa shape index (κ3) is 3.19. The van der Waals surface area contributed by atoms with Crippen molar-refractivity contribution in [3.8, 4) is 0 Å². The van der Waals surface area contributed by atoms with Gasteiger partial charge in [0.15, 0.2) is 0 Å². The van der Waals surface area contributed by atoms with Crippen LogP contribution in [0, 0.1) is 5.92 Å². The van der Waals surface area contributed by atoms with Crippen molar-refractivity contribution in [3.05, 3.63) is 0 Å². The highest BCUT2D eigenvalue weighted by Crippen LogP contribution is 2.27. The standard InChI is InChI=1S/C12H22N2O2/c15-11(7-10-3-1-2-4-10)14-9-12(16)5-6-13-8-12/h10,13,16H,1-9H2,(H,14,15). The molecule has 4 nitrogen and oxygen atoms in total. The number of aliphatic hydroxyl groups is 1. The van der Waals surface area contributed by atoms with Crippen molar-refractivity contribution in [2.75, 3.05) is 19.6 Å². The third-order valence-corrected chi connectivity index (χ3v) is 3.78. The van der Waals surface area contributed by atoms with Gasteiger partial charge in [-0.2, -0.15) is 0 Å². The molecule has 0 aromatic carbocycles. The van der Waals surface area contributed by atoms with Crippen molar-refractivity contribution >= 4 is 5.91 Å². The molecule has 0 bridgehead atoms. The van der Waals surface area contributed by atoms with Gasteiger partial charge in [-0.3, -0.25) is 4.79 Å². The Balaban J connectivity index is 1.66. The zero-order chi connectivity index (χ0) is 11.4. The van der Waals surface area contributed by atoms with Crippen LogP contribution >= 0.6 is 0 Å². The minimum absolute atomic E-state index is 0.104. The van der Waals surface area contributed by atoms with E-state index in [1.54, 1.807) is 0 Å². The minimum Gasteiger partial charge on any atom is -0.387 e. The van der Waals surface area contributed by atoms with Gasteiger partial charge in [-0.05, 0) is 31.7 Å². The Hall–Kier alpha value is -0.610. The zero-order valence-corrected chi connectivity index (χ0v) is 9.80. The lowest BCUT2D eigenvalue weighted by atomic mass is 10.0. The number of carbonyl (C=O) groups is 1. The molecule has 1 atom stereocenters. The number of carbonyl (C=O) groups excluding carboxylic acids is 1. The molecule has 92 valence electrons. The highest BCUT2D eigenvalue weighted by Gasteiger charge is 2.31. The van der Waals surface area contributed by atoms with Gasteiger partial charge in [-0.1, -0.05) is 12.8 Å². The monoisotopic (exact) mass is 226 g/mol. The van der Waals surface area contributed by atoms with Gasteiger partial charge >= 0.3 is 0 Å². The molecular formula is C12H22N2O2. The Bertz CT molecular complexity index is 243. The average Bonchev–Trinajstić information content (AvgIpc) is 2.88. The molecule has 16 heavy (non-hydrogen) atoms. The summed E-state index contributed by atoms with van der Waals surface area (Å²) in [6.45, 7) is 1.83.